The molecular weight excluding hydrogens is 334 g/mol. The first-order valence-corrected chi connectivity index (χ1v) is 7.94. The van der Waals surface area contributed by atoms with Gasteiger partial charge in [0.1, 0.15) is 11.4 Å². The fourth-order valence-corrected chi connectivity index (χ4v) is 2.55. The average Bonchev–Trinajstić information content (AvgIpc) is 2.63. The molecule has 1 fully saturated rings. The first-order valence-electron chi connectivity index (χ1n) is 7.94. The Balaban J connectivity index is 1.90. The van der Waals surface area contributed by atoms with Gasteiger partial charge >= 0.3 is 6.03 Å². The summed E-state index contributed by atoms with van der Waals surface area (Å²) in [6.07, 6.45) is 1.23. The fourth-order valence-electron chi connectivity index (χ4n) is 2.55. The van der Waals surface area contributed by atoms with Crippen molar-refractivity contribution >= 4 is 35.4 Å². The summed E-state index contributed by atoms with van der Waals surface area (Å²) in [5, 5.41) is 2.19. The van der Waals surface area contributed by atoms with Crippen LogP contribution in [-0.4, -0.2) is 31.2 Å². The summed E-state index contributed by atoms with van der Waals surface area (Å²) < 4.78 is 5.19. The quantitative estimate of drug-likeness (QED) is 0.677. The summed E-state index contributed by atoms with van der Waals surface area (Å²) in [5.41, 5.74) is 1.86. The molecule has 1 aliphatic heterocycles. The van der Waals surface area contributed by atoms with Gasteiger partial charge in [-0.1, -0.05) is 29.8 Å². The molecule has 0 bridgehead atoms. The number of aliphatic imine (C=N–C) groups is 1. The van der Waals surface area contributed by atoms with E-state index in [2.05, 4.69) is 10.3 Å². The lowest BCUT2D eigenvalue weighted by Gasteiger charge is -2.28. The Morgan fingerprint density at radius 2 is 1.77 bits per heavy atom. The molecule has 2 aromatic rings. The van der Waals surface area contributed by atoms with Crippen LogP contribution in [0.25, 0.3) is 0 Å². The number of hydrogen-bond acceptors (Lipinski definition) is 5. The van der Waals surface area contributed by atoms with Gasteiger partial charge < -0.3 is 4.74 Å². The number of para-hydroxylation sites is 2. The number of carbonyl (C=O) groups is 3. The van der Waals surface area contributed by atoms with Crippen molar-refractivity contribution in [1.29, 1.82) is 0 Å². The zero-order valence-electron chi connectivity index (χ0n) is 14.3. The molecule has 4 amide bonds. The summed E-state index contributed by atoms with van der Waals surface area (Å²) in [6.45, 7) is 1.90. The normalized spacial score (nSPS) is 17.5. The molecule has 1 atom stereocenters. The summed E-state index contributed by atoms with van der Waals surface area (Å²) in [5.74, 6) is -2.05. The number of ether oxygens (including phenoxy) is 1. The first kappa shape index (κ1) is 17.3. The maximum atomic E-state index is 12.7. The summed E-state index contributed by atoms with van der Waals surface area (Å²) in [6, 6.07) is 13.1. The topological polar surface area (TPSA) is 88.1 Å². The summed E-state index contributed by atoms with van der Waals surface area (Å²) >= 11 is 0. The minimum absolute atomic E-state index is 0.390. The third-order valence-electron chi connectivity index (χ3n) is 3.94. The minimum Gasteiger partial charge on any atom is -0.494 e. The van der Waals surface area contributed by atoms with Gasteiger partial charge in [-0.05, 0) is 31.2 Å². The van der Waals surface area contributed by atoms with Gasteiger partial charge in [0.25, 0.3) is 5.91 Å². The van der Waals surface area contributed by atoms with E-state index in [1.165, 1.54) is 13.3 Å². The highest BCUT2D eigenvalue weighted by Crippen LogP contribution is 2.27. The van der Waals surface area contributed by atoms with E-state index in [-0.39, 0.29) is 0 Å². The number of nitrogens with zero attached hydrogens (tertiary/aromatic N) is 2. The van der Waals surface area contributed by atoms with Crippen molar-refractivity contribution in [2.75, 3.05) is 12.0 Å². The highest BCUT2D eigenvalue weighted by Gasteiger charge is 2.40. The van der Waals surface area contributed by atoms with Crippen LogP contribution in [0.4, 0.5) is 16.2 Å². The van der Waals surface area contributed by atoms with Gasteiger partial charge in [0.2, 0.25) is 5.91 Å². The number of imide groups is 2. The number of anilines is 1. The zero-order chi connectivity index (χ0) is 18.7. The van der Waals surface area contributed by atoms with Crippen LogP contribution in [0.5, 0.6) is 5.75 Å². The summed E-state index contributed by atoms with van der Waals surface area (Å²) in [4.78, 5) is 42.1. The highest BCUT2D eigenvalue weighted by atomic mass is 16.5. The van der Waals surface area contributed by atoms with E-state index in [9.17, 15) is 14.4 Å². The number of amides is 4. The number of methoxy groups -OCH3 is 1. The Hall–Kier alpha value is -3.48. The van der Waals surface area contributed by atoms with Crippen molar-refractivity contribution in [3.05, 3.63) is 54.1 Å². The van der Waals surface area contributed by atoms with E-state index < -0.39 is 23.8 Å². The number of rotatable bonds is 4. The minimum atomic E-state index is -1.21. The van der Waals surface area contributed by atoms with Gasteiger partial charge in [-0.25, -0.2) is 9.69 Å². The zero-order valence-corrected chi connectivity index (χ0v) is 14.3. The second kappa shape index (κ2) is 7.18. The number of barbiturate groups is 1. The standard InChI is InChI=1S/C19H17N3O4/c1-12-7-9-13(10-8-12)22-18(24)14(17(23)21-19(22)25)11-20-15-5-3-4-6-16(15)26-2/h3-11,14H,1-2H3,(H,21,23,25)/t14-/m0/s1. The molecule has 7 heteroatoms. The maximum absolute atomic E-state index is 12.7. The Kier molecular flexibility index (Phi) is 4.79. The predicted octanol–water partition coefficient (Wildman–Crippen LogP) is 2.61. The van der Waals surface area contributed by atoms with Crippen molar-refractivity contribution in [3.63, 3.8) is 0 Å². The molecule has 1 aliphatic rings. The van der Waals surface area contributed by atoms with E-state index in [1.54, 1.807) is 48.5 Å². The van der Waals surface area contributed by atoms with Gasteiger partial charge in [-0.2, -0.15) is 0 Å². The van der Waals surface area contributed by atoms with E-state index in [1.807, 2.05) is 6.92 Å². The molecule has 1 N–H and O–H groups in total. The molecule has 1 heterocycles. The number of carbonyl (C=O) groups excluding carboxylic acids is 3. The number of urea groups is 1. The molecule has 132 valence electrons. The van der Waals surface area contributed by atoms with Gasteiger partial charge in [0.15, 0.2) is 5.92 Å². The monoisotopic (exact) mass is 351 g/mol. The Bertz CT molecular complexity index is 890. The maximum Gasteiger partial charge on any atom is 0.335 e. The smallest absolute Gasteiger partial charge is 0.335 e. The highest BCUT2D eigenvalue weighted by molar-refractivity contribution is 6.32. The van der Waals surface area contributed by atoms with Crippen LogP contribution in [0.3, 0.4) is 0 Å². The van der Waals surface area contributed by atoms with Crippen molar-refractivity contribution in [3.8, 4) is 5.75 Å². The van der Waals surface area contributed by atoms with Crippen LogP contribution < -0.4 is 15.0 Å². The van der Waals surface area contributed by atoms with Crippen LogP contribution >= 0.6 is 0 Å². The molecule has 0 aliphatic carbocycles. The van der Waals surface area contributed by atoms with Crippen molar-refractivity contribution in [1.82, 2.24) is 5.32 Å². The molecule has 0 unspecified atom stereocenters. The van der Waals surface area contributed by atoms with Crippen LogP contribution in [0.15, 0.2) is 53.5 Å². The SMILES string of the molecule is COc1ccccc1N=C[C@H]1C(=O)NC(=O)N(c2ccc(C)cc2)C1=O. The largest absolute Gasteiger partial charge is 0.494 e. The van der Waals surface area contributed by atoms with Crippen molar-refractivity contribution in [2.45, 2.75) is 6.92 Å². The lowest BCUT2D eigenvalue weighted by molar-refractivity contribution is -0.131. The van der Waals surface area contributed by atoms with Gasteiger partial charge in [0.05, 0.1) is 12.8 Å². The summed E-state index contributed by atoms with van der Waals surface area (Å²) in [7, 11) is 1.50. The molecule has 0 aromatic heterocycles. The number of nitrogens with one attached hydrogen (secondary N) is 1. The first-order chi connectivity index (χ1) is 12.5. The van der Waals surface area contributed by atoms with E-state index in [4.69, 9.17) is 4.74 Å². The van der Waals surface area contributed by atoms with Crippen LogP contribution in [0.2, 0.25) is 0 Å². The van der Waals surface area contributed by atoms with Gasteiger partial charge in [-0.3, -0.25) is 19.9 Å². The molecule has 26 heavy (non-hydrogen) atoms. The van der Waals surface area contributed by atoms with Crippen molar-refractivity contribution < 1.29 is 19.1 Å². The van der Waals surface area contributed by atoms with Gasteiger partial charge in [-0.15, -0.1) is 0 Å². The lowest BCUT2D eigenvalue weighted by atomic mass is 10.1. The van der Waals surface area contributed by atoms with Crippen molar-refractivity contribution in [2.24, 2.45) is 10.9 Å². The predicted molar refractivity (Wildman–Crippen MR) is 96.8 cm³/mol. The van der Waals surface area contributed by atoms with E-state index >= 15 is 0 Å². The fraction of sp³-hybridized carbons (Fsp3) is 0.158. The number of benzene rings is 2. The molecule has 3 rings (SSSR count). The number of hydrogen-bond donors (Lipinski definition) is 1. The Labute approximate surface area is 150 Å². The number of aryl methyl sites for hydroxylation is 1. The molecule has 1 saturated heterocycles. The Morgan fingerprint density at radius 1 is 1.08 bits per heavy atom. The third kappa shape index (κ3) is 3.32. The second-order valence-corrected chi connectivity index (χ2v) is 5.73. The molecule has 0 spiro atoms. The van der Waals surface area contributed by atoms with Crippen LogP contribution in [-0.2, 0) is 9.59 Å². The van der Waals surface area contributed by atoms with Crippen LogP contribution in [0.1, 0.15) is 5.56 Å². The molecule has 0 saturated carbocycles. The average molecular weight is 351 g/mol. The van der Waals surface area contributed by atoms with Crippen LogP contribution in [0, 0.1) is 12.8 Å². The van der Waals surface area contributed by atoms with E-state index in [0.717, 1.165) is 10.5 Å². The Morgan fingerprint density at radius 3 is 2.46 bits per heavy atom. The third-order valence-corrected chi connectivity index (χ3v) is 3.94. The molecule has 0 radical (unpaired) electrons. The second-order valence-electron chi connectivity index (χ2n) is 5.73. The van der Waals surface area contributed by atoms with Gasteiger partial charge in [0, 0.05) is 6.21 Å². The molecule has 2 aromatic carbocycles. The van der Waals surface area contributed by atoms with E-state index in [0.29, 0.717) is 17.1 Å². The lowest BCUT2D eigenvalue weighted by Crippen LogP contribution is -2.58. The molecular formula is C19H17N3O4. The molecule has 7 nitrogen and oxygen atoms in total.